The van der Waals surface area contributed by atoms with E-state index in [0.717, 1.165) is 37.3 Å². The van der Waals surface area contributed by atoms with Gasteiger partial charge in [0.25, 0.3) is 0 Å². The molecule has 2 fully saturated rings. The SMILES string of the molecule is CNc1nc(N2CC3CCC(O)C3C2)c2[nH]cnc2n1. The number of rotatable bonds is 2. The quantitative estimate of drug-likeness (QED) is 0.743. The third-order valence-corrected chi connectivity index (χ3v) is 4.61. The van der Waals surface area contributed by atoms with E-state index in [0.29, 0.717) is 23.4 Å². The molecule has 3 heterocycles. The van der Waals surface area contributed by atoms with Gasteiger partial charge in [0, 0.05) is 26.1 Å². The van der Waals surface area contributed by atoms with Gasteiger partial charge in [-0.2, -0.15) is 9.97 Å². The topological polar surface area (TPSA) is 90.0 Å². The average molecular weight is 274 g/mol. The van der Waals surface area contributed by atoms with Gasteiger partial charge in [-0.05, 0) is 18.8 Å². The smallest absolute Gasteiger partial charge is 0.226 e. The minimum atomic E-state index is -0.159. The van der Waals surface area contributed by atoms with Gasteiger partial charge in [0.1, 0.15) is 5.52 Å². The van der Waals surface area contributed by atoms with Crippen LogP contribution in [0.1, 0.15) is 12.8 Å². The molecule has 0 radical (unpaired) electrons. The van der Waals surface area contributed by atoms with Crippen LogP contribution in [0.4, 0.5) is 11.8 Å². The first-order valence-electron chi connectivity index (χ1n) is 7.08. The highest BCUT2D eigenvalue weighted by Gasteiger charge is 2.42. The summed E-state index contributed by atoms with van der Waals surface area (Å²) < 4.78 is 0. The number of hydrogen-bond acceptors (Lipinski definition) is 6. The molecule has 1 saturated heterocycles. The Morgan fingerprint density at radius 2 is 2.25 bits per heavy atom. The Morgan fingerprint density at radius 3 is 3.05 bits per heavy atom. The minimum Gasteiger partial charge on any atom is -0.393 e. The van der Waals surface area contributed by atoms with Crippen molar-refractivity contribution in [2.24, 2.45) is 11.8 Å². The lowest BCUT2D eigenvalue weighted by Gasteiger charge is -2.20. The molecule has 2 aliphatic rings. The van der Waals surface area contributed by atoms with E-state index in [1.54, 1.807) is 13.4 Å². The second-order valence-electron chi connectivity index (χ2n) is 5.70. The van der Waals surface area contributed by atoms with Crippen LogP contribution in [0.15, 0.2) is 6.33 Å². The van der Waals surface area contributed by atoms with Crippen LogP contribution in [0.25, 0.3) is 11.2 Å². The summed E-state index contributed by atoms with van der Waals surface area (Å²) in [4.78, 5) is 18.5. The fraction of sp³-hybridized carbons (Fsp3) is 0.615. The fourth-order valence-corrected chi connectivity index (χ4v) is 3.57. The normalized spacial score (nSPS) is 29.1. The predicted molar refractivity (Wildman–Crippen MR) is 75.7 cm³/mol. The van der Waals surface area contributed by atoms with Crippen LogP contribution < -0.4 is 10.2 Å². The van der Waals surface area contributed by atoms with Crippen molar-refractivity contribution in [2.45, 2.75) is 18.9 Å². The van der Waals surface area contributed by atoms with Gasteiger partial charge >= 0.3 is 0 Å². The third-order valence-electron chi connectivity index (χ3n) is 4.61. The molecule has 2 aromatic rings. The van der Waals surface area contributed by atoms with E-state index in [-0.39, 0.29) is 6.10 Å². The Balaban J connectivity index is 1.73. The molecule has 3 atom stereocenters. The lowest BCUT2D eigenvalue weighted by molar-refractivity contribution is 0.133. The Kier molecular flexibility index (Phi) is 2.56. The summed E-state index contributed by atoms with van der Waals surface area (Å²) in [5, 5.41) is 13.0. The lowest BCUT2D eigenvalue weighted by atomic mass is 10.00. The number of hydrogen-bond donors (Lipinski definition) is 3. The van der Waals surface area contributed by atoms with E-state index in [9.17, 15) is 5.11 Å². The van der Waals surface area contributed by atoms with Gasteiger partial charge in [0.2, 0.25) is 5.95 Å². The van der Waals surface area contributed by atoms with Crippen molar-refractivity contribution in [3.8, 4) is 0 Å². The molecule has 1 aliphatic heterocycles. The van der Waals surface area contributed by atoms with Gasteiger partial charge in [0.15, 0.2) is 11.5 Å². The third kappa shape index (κ3) is 1.66. The molecule has 7 heteroatoms. The van der Waals surface area contributed by atoms with Gasteiger partial charge in [-0.15, -0.1) is 0 Å². The van der Waals surface area contributed by atoms with Crippen LogP contribution in [0.5, 0.6) is 0 Å². The molecule has 4 rings (SSSR count). The number of anilines is 2. The van der Waals surface area contributed by atoms with Crippen LogP contribution in [-0.4, -0.2) is 51.3 Å². The second kappa shape index (κ2) is 4.31. The number of aliphatic hydroxyl groups excluding tert-OH is 1. The number of H-pyrrole nitrogens is 1. The van der Waals surface area contributed by atoms with Crippen LogP contribution in [0.2, 0.25) is 0 Å². The highest BCUT2D eigenvalue weighted by molar-refractivity contribution is 5.84. The molecule has 0 bridgehead atoms. The summed E-state index contributed by atoms with van der Waals surface area (Å²) in [5.41, 5.74) is 1.55. The first-order chi connectivity index (χ1) is 9.76. The van der Waals surface area contributed by atoms with Gasteiger partial charge in [-0.3, -0.25) is 0 Å². The molecular weight excluding hydrogens is 256 g/mol. The van der Waals surface area contributed by atoms with Crippen molar-refractivity contribution >= 4 is 22.9 Å². The molecule has 1 aliphatic carbocycles. The summed E-state index contributed by atoms with van der Waals surface area (Å²) in [6.45, 7) is 1.82. The van der Waals surface area contributed by atoms with Crippen LogP contribution in [0.3, 0.4) is 0 Å². The van der Waals surface area contributed by atoms with E-state index in [1.807, 2.05) is 0 Å². The molecule has 0 aromatic carbocycles. The summed E-state index contributed by atoms with van der Waals surface area (Å²) in [6.07, 6.45) is 3.54. The lowest BCUT2D eigenvalue weighted by Crippen LogP contribution is -2.25. The number of aromatic nitrogens is 4. The van der Waals surface area contributed by atoms with Crippen molar-refractivity contribution in [3.63, 3.8) is 0 Å². The Morgan fingerprint density at radius 1 is 1.35 bits per heavy atom. The number of fused-ring (bicyclic) bond motifs is 2. The molecule has 7 nitrogen and oxygen atoms in total. The first-order valence-corrected chi connectivity index (χ1v) is 7.08. The van der Waals surface area contributed by atoms with Crippen molar-refractivity contribution in [1.29, 1.82) is 0 Å². The zero-order valence-corrected chi connectivity index (χ0v) is 11.4. The minimum absolute atomic E-state index is 0.159. The van der Waals surface area contributed by atoms with Crippen LogP contribution >= 0.6 is 0 Å². The van der Waals surface area contributed by atoms with E-state index < -0.39 is 0 Å². The number of nitrogens with one attached hydrogen (secondary N) is 2. The standard InChI is InChI=1S/C13H18N6O/c1-14-13-17-11-10(15-6-16-11)12(18-13)19-4-7-2-3-9(20)8(7)5-19/h6-9,20H,2-5H2,1H3,(H2,14,15,16,17,18). The Labute approximate surface area is 116 Å². The van der Waals surface area contributed by atoms with E-state index in [2.05, 4.69) is 30.2 Å². The number of aromatic amines is 1. The fourth-order valence-electron chi connectivity index (χ4n) is 3.57. The van der Waals surface area contributed by atoms with E-state index in [1.165, 1.54) is 0 Å². The van der Waals surface area contributed by atoms with Gasteiger partial charge in [-0.1, -0.05) is 0 Å². The maximum atomic E-state index is 10.0. The van der Waals surface area contributed by atoms with Crippen molar-refractivity contribution in [2.75, 3.05) is 30.4 Å². The molecule has 0 spiro atoms. The first kappa shape index (κ1) is 11.9. The average Bonchev–Trinajstić information content (AvgIpc) is 3.15. The molecular formula is C13H18N6O. The maximum absolute atomic E-state index is 10.0. The van der Waals surface area contributed by atoms with E-state index in [4.69, 9.17) is 0 Å². The molecule has 3 N–H and O–H groups in total. The zero-order valence-electron chi connectivity index (χ0n) is 11.4. The Bertz CT molecular complexity index is 641. The maximum Gasteiger partial charge on any atom is 0.226 e. The summed E-state index contributed by atoms with van der Waals surface area (Å²) in [6, 6.07) is 0. The molecule has 20 heavy (non-hydrogen) atoms. The Hall–Kier alpha value is -1.89. The van der Waals surface area contributed by atoms with Crippen molar-refractivity contribution in [3.05, 3.63) is 6.33 Å². The summed E-state index contributed by atoms with van der Waals surface area (Å²) >= 11 is 0. The van der Waals surface area contributed by atoms with Crippen LogP contribution in [-0.2, 0) is 0 Å². The van der Waals surface area contributed by atoms with Crippen LogP contribution in [0, 0.1) is 11.8 Å². The molecule has 2 aromatic heterocycles. The monoisotopic (exact) mass is 274 g/mol. The summed E-state index contributed by atoms with van der Waals surface area (Å²) in [7, 11) is 1.81. The van der Waals surface area contributed by atoms with E-state index >= 15 is 0 Å². The number of aliphatic hydroxyl groups is 1. The largest absolute Gasteiger partial charge is 0.393 e. The number of imidazole rings is 1. The molecule has 0 amide bonds. The highest BCUT2D eigenvalue weighted by Crippen LogP contribution is 2.40. The van der Waals surface area contributed by atoms with Gasteiger partial charge in [0.05, 0.1) is 12.4 Å². The number of nitrogens with zero attached hydrogens (tertiary/aromatic N) is 4. The molecule has 1 saturated carbocycles. The second-order valence-corrected chi connectivity index (χ2v) is 5.70. The predicted octanol–water partition coefficient (Wildman–Crippen LogP) is 0.602. The molecule has 106 valence electrons. The summed E-state index contributed by atoms with van der Waals surface area (Å²) in [5.74, 6) is 2.42. The van der Waals surface area contributed by atoms with Crippen molar-refractivity contribution in [1.82, 2.24) is 19.9 Å². The zero-order chi connectivity index (χ0) is 13.7. The van der Waals surface area contributed by atoms with Gasteiger partial charge in [-0.25, -0.2) is 4.98 Å². The van der Waals surface area contributed by atoms with Crippen molar-refractivity contribution < 1.29 is 5.11 Å². The van der Waals surface area contributed by atoms with Gasteiger partial charge < -0.3 is 20.3 Å². The molecule has 3 unspecified atom stereocenters. The highest BCUT2D eigenvalue weighted by atomic mass is 16.3.